The molecule has 184 valence electrons. The van der Waals surface area contributed by atoms with Crippen LogP contribution in [0.5, 0.6) is 0 Å². The average molecular weight is 475 g/mol. The number of hydrogen-bond donors (Lipinski definition) is 1. The van der Waals surface area contributed by atoms with E-state index >= 15 is 0 Å². The van der Waals surface area contributed by atoms with Gasteiger partial charge in [0.2, 0.25) is 0 Å². The van der Waals surface area contributed by atoms with Gasteiger partial charge in [-0.3, -0.25) is 9.59 Å². The summed E-state index contributed by atoms with van der Waals surface area (Å²) in [4.78, 5) is 35.1. The van der Waals surface area contributed by atoms with Gasteiger partial charge in [-0.1, -0.05) is 51.1 Å². The highest BCUT2D eigenvalue weighted by Crippen LogP contribution is 2.39. The Morgan fingerprint density at radius 2 is 1.74 bits per heavy atom. The second kappa shape index (κ2) is 10.0. The number of ketones is 1. The third-order valence-electron chi connectivity index (χ3n) is 7.10. The van der Waals surface area contributed by atoms with Crippen molar-refractivity contribution >= 4 is 23.1 Å². The first-order chi connectivity index (χ1) is 16.8. The quantitative estimate of drug-likeness (QED) is 0.300. The number of carbonyl (C=O) groups excluding carboxylic acids is 2. The number of likely N-dealkylation sites (N-methyl/N-ethyl adjacent to an activating group) is 1. The number of pyridine rings is 1. The van der Waals surface area contributed by atoms with Gasteiger partial charge in [0.1, 0.15) is 11.3 Å². The molecule has 0 radical (unpaired) electrons. The SMILES string of the molecule is CCc1ccc(C2C(=C(O)c3nc4c(C)cccn4c3C)C(=O)C(=O)N2CCN(CC)CC)cc1. The molecule has 35 heavy (non-hydrogen) atoms. The van der Waals surface area contributed by atoms with E-state index in [1.54, 1.807) is 4.90 Å². The number of aliphatic hydroxyl groups is 1. The molecular weight excluding hydrogens is 440 g/mol. The predicted octanol–water partition coefficient (Wildman–Crippen LogP) is 4.28. The Hall–Kier alpha value is -3.45. The number of aryl methyl sites for hydroxylation is 3. The molecule has 1 fully saturated rings. The normalized spacial score (nSPS) is 17.8. The number of hydrogen-bond acceptors (Lipinski definition) is 5. The van der Waals surface area contributed by atoms with Crippen molar-refractivity contribution in [3.05, 3.63) is 76.2 Å². The van der Waals surface area contributed by atoms with E-state index in [2.05, 4.69) is 30.7 Å². The fourth-order valence-corrected chi connectivity index (χ4v) is 4.86. The first kappa shape index (κ1) is 24.7. The van der Waals surface area contributed by atoms with Crippen LogP contribution in [0.1, 0.15) is 54.9 Å². The molecule has 7 nitrogen and oxygen atoms in total. The summed E-state index contributed by atoms with van der Waals surface area (Å²) in [5.74, 6) is -1.47. The molecule has 1 unspecified atom stereocenters. The van der Waals surface area contributed by atoms with E-state index in [0.29, 0.717) is 24.4 Å². The Labute approximate surface area is 206 Å². The van der Waals surface area contributed by atoms with Crippen molar-refractivity contribution in [3.8, 4) is 0 Å². The number of fused-ring (bicyclic) bond motifs is 1. The molecule has 0 saturated carbocycles. The van der Waals surface area contributed by atoms with Crippen LogP contribution in [0.15, 0.2) is 48.2 Å². The van der Waals surface area contributed by atoms with E-state index in [1.165, 1.54) is 5.56 Å². The van der Waals surface area contributed by atoms with Crippen LogP contribution < -0.4 is 0 Å². The maximum absolute atomic E-state index is 13.4. The topological polar surface area (TPSA) is 78.1 Å². The molecule has 1 atom stereocenters. The summed E-state index contributed by atoms with van der Waals surface area (Å²) >= 11 is 0. The summed E-state index contributed by atoms with van der Waals surface area (Å²) in [6, 6.07) is 11.1. The summed E-state index contributed by atoms with van der Waals surface area (Å²) in [6.07, 6.45) is 2.77. The molecule has 0 spiro atoms. The molecule has 0 aliphatic carbocycles. The highest BCUT2D eigenvalue weighted by molar-refractivity contribution is 6.46. The van der Waals surface area contributed by atoms with Gasteiger partial charge in [0.25, 0.3) is 11.7 Å². The van der Waals surface area contributed by atoms with Gasteiger partial charge < -0.3 is 19.3 Å². The lowest BCUT2D eigenvalue weighted by atomic mass is 9.95. The molecular formula is C28H34N4O3. The number of rotatable bonds is 8. The molecule has 0 bridgehead atoms. The molecule has 1 saturated heterocycles. The Morgan fingerprint density at radius 3 is 2.34 bits per heavy atom. The van der Waals surface area contributed by atoms with E-state index < -0.39 is 17.7 Å². The molecule has 1 aliphatic rings. The number of benzene rings is 1. The summed E-state index contributed by atoms with van der Waals surface area (Å²) in [6.45, 7) is 12.8. The largest absolute Gasteiger partial charge is 0.505 e. The Kier molecular flexibility index (Phi) is 7.08. The Balaban J connectivity index is 1.86. The number of amides is 1. The lowest BCUT2D eigenvalue weighted by Crippen LogP contribution is -2.38. The molecule has 1 amide bonds. The van der Waals surface area contributed by atoms with Crippen LogP contribution in [0, 0.1) is 13.8 Å². The van der Waals surface area contributed by atoms with Crippen molar-refractivity contribution in [2.45, 2.75) is 47.1 Å². The number of aromatic nitrogens is 2. The van der Waals surface area contributed by atoms with Gasteiger partial charge in [-0.2, -0.15) is 0 Å². The van der Waals surface area contributed by atoms with E-state index in [0.717, 1.165) is 36.3 Å². The molecule has 1 aliphatic heterocycles. The van der Waals surface area contributed by atoms with E-state index in [4.69, 9.17) is 0 Å². The van der Waals surface area contributed by atoms with Crippen molar-refractivity contribution < 1.29 is 14.7 Å². The van der Waals surface area contributed by atoms with Crippen LogP contribution in [0.2, 0.25) is 0 Å². The predicted molar refractivity (Wildman–Crippen MR) is 137 cm³/mol. The zero-order valence-corrected chi connectivity index (χ0v) is 21.2. The molecule has 7 heteroatoms. The van der Waals surface area contributed by atoms with Crippen LogP contribution >= 0.6 is 0 Å². The van der Waals surface area contributed by atoms with Crippen molar-refractivity contribution in [2.24, 2.45) is 0 Å². The minimum atomic E-state index is -0.667. The van der Waals surface area contributed by atoms with Crippen molar-refractivity contribution in [1.29, 1.82) is 0 Å². The lowest BCUT2D eigenvalue weighted by Gasteiger charge is -2.28. The van der Waals surface area contributed by atoms with E-state index in [1.807, 2.05) is 60.8 Å². The minimum Gasteiger partial charge on any atom is -0.505 e. The summed E-state index contributed by atoms with van der Waals surface area (Å²) in [5, 5.41) is 11.5. The number of likely N-dealkylation sites (tertiary alicyclic amines) is 1. The van der Waals surface area contributed by atoms with Crippen LogP contribution in [0.25, 0.3) is 11.4 Å². The molecule has 2 aromatic heterocycles. The van der Waals surface area contributed by atoms with Crippen LogP contribution in [-0.4, -0.2) is 62.2 Å². The highest BCUT2D eigenvalue weighted by atomic mass is 16.3. The first-order valence-electron chi connectivity index (χ1n) is 12.4. The fourth-order valence-electron chi connectivity index (χ4n) is 4.86. The summed E-state index contributed by atoms with van der Waals surface area (Å²) < 4.78 is 1.89. The van der Waals surface area contributed by atoms with Crippen LogP contribution in [0.3, 0.4) is 0 Å². The van der Waals surface area contributed by atoms with Crippen molar-refractivity contribution in [1.82, 2.24) is 19.2 Å². The van der Waals surface area contributed by atoms with Gasteiger partial charge in [0.15, 0.2) is 5.76 Å². The lowest BCUT2D eigenvalue weighted by molar-refractivity contribution is -0.140. The second-order valence-electron chi connectivity index (χ2n) is 9.05. The van der Waals surface area contributed by atoms with Crippen LogP contribution in [-0.2, 0) is 16.0 Å². The van der Waals surface area contributed by atoms with Crippen molar-refractivity contribution in [3.63, 3.8) is 0 Å². The van der Waals surface area contributed by atoms with Crippen molar-refractivity contribution in [2.75, 3.05) is 26.2 Å². The molecule has 3 aromatic rings. The maximum Gasteiger partial charge on any atom is 0.295 e. The third kappa shape index (κ3) is 4.36. The van der Waals surface area contributed by atoms with E-state index in [-0.39, 0.29) is 11.3 Å². The smallest absolute Gasteiger partial charge is 0.295 e. The van der Waals surface area contributed by atoms with Gasteiger partial charge >= 0.3 is 0 Å². The number of carbonyl (C=O) groups is 2. The third-order valence-corrected chi connectivity index (χ3v) is 7.10. The standard InChI is InChI=1S/C28H34N4O3/c1-6-20-11-13-21(14-12-20)24-22(26(34)28(35)32(24)17-16-30(7-2)8-3)25(33)23-19(5)31-15-9-10-18(4)27(31)29-23/h9-15,24,33H,6-8,16-17H2,1-5H3. The average Bonchev–Trinajstić information content (AvgIpc) is 3.34. The highest BCUT2D eigenvalue weighted by Gasteiger charge is 2.46. The van der Waals surface area contributed by atoms with Gasteiger partial charge in [-0.25, -0.2) is 4.98 Å². The minimum absolute atomic E-state index is 0.1000. The van der Waals surface area contributed by atoms with Gasteiger partial charge in [-0.05, 0) is 56.1 Å². The maximum atomic E-state index is 13.4. The van der Waals surface area contributed by atoms with Gasteiger partial charge in [0, 0.05) is 19.3 Å². The zero-order valence-electron chi connectivity index (χ0n) is 21.2. The molecule has 4 rings (SSSR count). The van der Waals surface area contributed by atoms with Gasteiger partial charge in [-0.15, -0.1) is 0 Å². The van der Waals surface area contributed by atoms with Gasteiger partial charge in [0.05, 0.1) is 17.3 Å². The van der Waals surface area contributed by atoms with E-state index in [9.17, 15) is 14.7 Å². The number of Topliss-reactive ketones (excluding diaryl/α,β-unsaturated/α-hetero) is 1. The Bertz CT molecular complexity index is 1290. The molecule has 1 aromatic carbocycles. The Morgan fingerprint density at radius 1 is 1.06 bits per heavy atom. The fraction of sp³-hybridized carbons (Fsp3) is 0.393. The summed E-state index contributed by atoms with van der Waals surface area (Å²) in [7, 11) is 0. The second-order valence-corrected chi connectivity index (χ2v) is 9.05. The molecule has 3 heterocycles. The number of nitrogens with zero attached hydrogens (tertiary/aromatic N) is 4. The summed E-state index contributed by atoms with van der Waals surface area (Å²) in [5.41, 5.74) is 4.79. The van der Waals surface area contributed by atoms with Crippen LogP contribution in [0.4, 0.5) is 0 Å². The monoisotopic (exact) mass is 474 g/mol. The number of imidazole rings is 1. The molecule has 1 N–H and O–H groups in total. The first-order valence-corrected chi connectivity index (χ1v) is 12.4. The number of aliphatic hydroxyl groups excluding tert-OH is 1. The zero-order chi connectivity index (χ0) is 25.3.